The van der Waals surface area contributed by atoms with Crippen LogP contribution in [0.4, 0.5) is 8.78 Å². The van der Waals surface area contributed by atoms with E-state index < -0.39 is 12.0 Å². The van der Waals surface area contributed by atoms with Crippen molar-refractivity contribution in [1.29, 1.82) is 0 Å². The summed E-state index contributed by atoms with van der Waals surface area (Å²) in [6.45, 7) is 7.66. The monoisotopic (exact) mass is 507 g/mol. The zero-order valence-electron chi connectivity index (χ0n) is 18.9. The summed E-state index contributed by atoms with van der Waals surface area (Å²) >= 11 is 13.1. The largest absolute Gasteiger partial charge is 0.393 e. The fraction of sp³-hybridized carbons (Fsp3) is 0.360. The molecule has 0 atom stereocenters. The Morgan fingerprint density at radius 2 is 1.97 bits per heavy atom. The number of amides is 1. The van der Waals surface area contributed by atoms with E-state index in [2.05, 4.69) is 11.6 Å². The molecule has 1 saturated heterocycles. The number of aryl methyl sites for hydroxylation is 2. The van der Waals surface area contributed by atoms with Crippen LogP contribution < -0.4 is 0 Å². The molecule has 2 aromatic heterocycles. The molecule has 1 amide bonds. The lowest BCUT2D eigenvalue weighted by Gasteiger charge is -2.30. The molecule has 5 nitrogen and oxygen atoms in total. The number of allylic oxidation sites excluding steroid dienone is 1. The number of likely N-dealkylation sites (tertiary alicyclic amines) is 1. The second-order valence-corrected chi connectivity index (χ2v) is 9.45. The summed E-state index contributed by atoms with van der Waals surface area (Å²) in [4.78, 5) is 19.4. The Bertz CT molecular complexity index is 1280. The van der Waals surface area contributed by atoms with Crippen LogP contribution in [0.1, 0.15) is 51.3 Å². The van der Waals surface area contributed by atoms with Crippen molar-refractivity contribution in [2.24, 2.45) is 0 Å². The van der Waals surface area contributed by atoms with E-state index in [0.717, 1.165) is 0 Å². The van der Waals surface area contributed by atoms with Crippen molar-refractivity contribution in [2.45, 2.75) is 45.1 Å². The van der Waals surface area contributed by atoms with Crippen LogP contribution in [0.25, 0.3) is 5.65 Å². The molecule has 0 saturated carbocycles. The Morgan fingerprint density at radius 3 is 2.62 bits per heavy atom. The number of hydrogen-bond acceptors (Lipinski definition) is 3. The Morgan fingerprint density at radius 1 is 1.29 bits per heavy atom. The van der Waals surface area contributed by atoms with E-state index in [0.29, 0.717) is 70.8 Å². The quantitative estimate of drug-likeness (QED) is 0.449. The fourth-order valence-corrected chi connectivity index (χ4v) is 4.86. The van der Waals surface area contributed by atoms with Gasteiger partial charge in [0.25, 0.3) is 11.8 Å². The molecule has 4 rings (SSSR count). The maximum atomic E-state index is 14.2. The Labute approximate surface area is 206 Å². The second kappa shape index (κ2) is 9.29. The van der Waals surface area contributed by atoms with Crippen LogP contribution in [-0.4, -0.2) is 44.5 Å². The minimum Gasteiger partial charge on any atom is -0.393 e. The summed E-state index contributed by atoms with van der Waals surface area (Å²) in [5, 5.41) is 10.4. The van der Waals surface area contributed by atoms with Crippen LogP contribution in [0.15, 0.2) is 37.1 Å². The van der Waals surface area contributed by atoms with E-state index in [-0.39, 0.29) is 22.9 Å². The molecule has 0 bridgehead atoms. The number of aliphatic hydroxyl groups is 1. The molecule has 1 aliphatic heterocycles. The number of alkyl halides is 2. The van der Waals surface area contributed by atoms with Gasteiger partial charge >= 0.3 is 0 Å². The van der Waals surface area contributed by atoms with Crippen LogP contribution in [-0.2, 0) is 12.3 Å². The maximum Gasteiger partial charge on any atom is 0.292 e. The highest BCUT2D eigenvalue weighted by Gasteiger charge is 2.29. The van der Waals surface area contributed by atoms with E-state index in [1.54, 1.807) is 35.3 Å². The molecule has 34 heavy (non-hydrogen) atoms. The summed E-state index contributed by atoms with van der Waals surface area (Å²) in [5.41, 5.74) is 3.17. The lowest BCUT2D eigenvalue weighted by atomic mass is 10.0. The third-order valence-electron chi connectivity index (χ3n) is 6.39. The SMILES string of the molecule is C=CC(F)(F)c1cc(C)c2nc(Cc3c(Cl)ccc(C(=O)N4CCC(O)CC4)c3Cl)c(C)n2c1. The molecule has 1 fully saturated rings. The predicted molar refractivity (Wildman–Crippen MR) is 129 cm³/mol. The van der Waals surface area contributed by atoms with Crippen molar-refractivity contribution >= 4 is 34.8 Å². The zero-order valence-corrected chi connectivity index (χ0v) is 20.4. The second-order valence-electron chi connectivity index (χ2n) is 8.66. The molecular weight excluding hydrogens is 483 g/mol. The van der Waals surface area contributed by atoms with Crippen LogP contribution in [0, 0.1) is 13.8 Å². The Hall–Kier alpha value is -2.48. The van der Waals surface area contributed by atoms with Gasteiger partial charge in [-0.3, -0.25) is 4.79 Å². The summed E-state index contributed by atoms with van der Waals surface area (Å²) in [6.07, 6.45) is 2.87. The molecule has 180 valence electrons. The molecule has 9 heteroatoms. The minimum absolute atomic E-state index is 0.171. The molecule has 0 radical (unpaired) electrons. The summed E-state index contributed by atoms with van der Waals surface area (Å²) in [7, 11) is 0. The lowest BCUT2D eigenvalue weighted by Crippen LogP contribution is -2.40. The van der Waals surface area contributed by atoms with Crippen LogP contribution in [0.2, 0.25) is 10.0 Å². The van der Waals surface area contributed by atoms with Gasteiger partial charge in [0.05, 0.1) is 22.4 Å². The highest BCUT2D eigenvalue weighted by molar-refractivity contribution is 6.38. The number of aromatic nitrogens is 2. The molecule has 3 aromatic rings. The summed E-state index contributed by atoms with van der Waals surface area (Å²) < 4.78 is 30.1. The van der Waals surface area contributed by atoms with E-state index in [4.69, 9.17) is 23.2 Å². The molecule has 0 unspecified atom stereocenters. The van der Waals surface area contributed by atoms with Gasteiger partial charge < -0.3 is 14.4 Å². The summed E-state index contributed by atoms with van der Waals surface area (Å²) in [6, 6.07) is 4.64. The van der Waals surface area contributed by atoms with Gasteiger partial charge in [-0.15, -0.1) is 0 Å². The third-order valence-corrected chi connectivity index (χ3v) is 7.18. The number of benzene rings is 1. The molecule has 1 N–H and O–H groups in total. The zero-order chi connectivity index (χ0) is 24.8. The van der Waals surface area contributed by atoms with Crippen molar-refractivity contribution < 1.29 is 18.7 Å². The molecule has 0 aliphatic carbocycles. The number of hydrogen-bond donors (Lipinski definition) is 1. The Kier molecular flexibility index (Phi) is 6.73. The van der Waals surface area contributed by atoms with Gasteiger partial charge in [0, 0.05) is 42.0 Å². The number of carbonyl (C=O) groups excluding carboxylic acids is 1. The van der Waals surface area contributed by atoms with Gasteiger partial charge in [-0.25, -0.2) is 4.98 Å². The number of nitrogens with zero attached hydrogens (tertiary/aromatic N) is 3. The lowest BCUT2D eigenvalue weighted by molar-refractivity contribution is 0.0518. The first kappa shape index (κ1) is 24.6. The molecular formula is C25H25Cl2F2N3O2. The van der Waals surface area contributed by atoms with Crippen molar-refractivity contribution in [2.75, 3.05) is 13.1 Å². The van der Waals surface area contributed by atoms with E-state index in [9.17, 15) is 18.7 Å². The van der Waals surface area contributed by atoms with Gasteiger partial charge in [-0.1, -0.05) is 29.8 Å². The van der Waals surface area contributed by atoms with Gasteiger partial charge in [-0.05, 0) is 62.1 Å². The average molecular weight is 508 g/mol. The van der Waals surface area contributed by atoms with Gasteiger partial charge in [0.1, 0.15) is 5.65 Å². The van der Waals surface area contributed by atoms with Crippen molar-refractivity contribution in [3.63, 3.8) is 0 Å². The first-order valence-electron chi connectivity index (χ1n) is 11.0. The normalized spacial score (nSPS) is 15.2. The van der Waals surface area contributed by atoms with Gasteiger partial charge in [0.15, 0.2) is 0 Å². The molecule has 1 aliphatic rings. The number of halogens is 4. The first-order valence-corrected chi connectivity index (χ1v) is 11.7. The summed E-state index contributed by atoms with van der Waals surface area (Å²) in [5.74, 6) is -3.38. The number of fused-ring (bicyclic) bond motifs is 1. The number of pyridine rings is 1. The van der Waals surface area contributed by atoms with Crippen molar-refractivity contribution in [3.05, 3.63) is 80.7 Å². The van der Waals surface area contributed by atoms with E-state index in [1.165, 1.54) is 12.3 Å². The number of aliphatic hydroxyl groups excluding tert-OH is 1. The maximum absolute atomic E-state index is 14.2. The average Bonchev–Trinajstić information content (AvgIpc) is 3.12. The number of rotatable bonds is 5. The number of imidazole rings is 1. The topological polar surface area (TPSA) is 57.8 Å². The molecule has 1 aromatic carbocycles. The van der Waals surface area contributed by atoms with Crippen LogP contribution >= 0.6 is 23.2 Å². The van der Waals surface area contributed by atoms with Crippen LogP contribution in [0.5, 0.6) is 0 Å². The van der Waals surface area contributed by atoms with Gasteiger partial charge in [0.2, 0.25) is 0 Å². The van der Waals surface area contributed by atoms with E-state index >= 15 is 0 Å². The fourth-order valence-electron chi connectivity index (χ4n) is 4.27. The predicted octanol–water partition coefficient (Wildman–Crippen LogP) is 5.72. The minimum atomic E-state index is -3.17. The van der Waals surface area contributed by atoms with Gasteiger partial charge in [-0.2, -0.15) is 8.78 Å². The highest BCUT2D eigenvalue weighted by atomic mass is 35.5. The van der Waals surface area contributed by atoms with Crippen molar-refractivity contribution in [1.82, 2.24) is 14.3 Å². The van der Waals surface area contributed by atoms with Crippen LogP contribution in [0.3, 0.4) is 0 Å². The third kappa shape index (κ3) is 4.44. The van der Waals surface area contributed by atoms with Crippen molar-refractivity contribution in [3.8, 4) is 0 Å². The molecule has 0 spiro atoms. The first-order chi connectivity index (χ1) is 16.0. The Balaban J connectivity index is 1.71. The number of piperidine rings is 1. The smallest absolute Gasteiger partial charge is 0.292 e. The number of carbonyl (C=O) groups is 1. The van der Waals surface area contributed by atoms with E-state index in [1.807, 2.05) is 0 Å². The standard InChI is InChI=1S/C25H25Cl2F2N3O2/c1-4-25(28,29)16-11-14(2)23-30-21(15(3)32(23)13-16)12-19-20(26)6-5-18(22(19)27)24(34)31-9-7-17(33)8-10-31/h4-6,11,13,17,33H,1,7-10,12H2,2-3H3. The highest BCUT2D eigenvalue weighted by Crippen LogP contribution is 2.34. The molecule has 3 heterocycles.